The molecule has 104 valence electrons. The minimum absolute atomic E-state index is 0.203. The van der Waals surface area contributed by atoms with Crippen LogP contribution in [0, 0.1) is 0 Å². The lowest BCUT2D eigenvalue weighted by Crippen LogP contribution is -2.29. The molecule has 19 heavy (non-hydrogen) atoms. The van der Waals surface area contributed by atoms with Gasteiger partial charge in [0.15, 0.2) is 6.67 Å². The molecule has 1 aromatic rings. The number of aliphatic hydroxyl groups is 1. The van der Waals surface area contributed by atoms with Crippen LogP contribution in [0.3, 0.4) is 0 Å². The zero-order valence-corrected chi connectivity index (χ0v) is 9.55. The number of anilines is 1. The summed E-state index contributed by atoms with van der Waals surface area (Å²) in [5.74, 6) is -1.01. The molecule has 8 heteroatoms. The molecule has 0 radical (unpaired) electrons. The lowest BCUT2D eigenvalue weighted by Gasteiger charge is -2.17. The number of alkyl halides is 3. The second-order valence-electron chi connectivity index (χ2n) is 3.78. The Labute approximate surface area is 106 Å². The smallest absolute Gasteiger partial charge is 0.427 e. The number of carbonyl (C=O) groups is 1. The summed E-state index contributed by atoms with van der Waals surface area (Å²) in [5.41, 5.74) is 0.203. The number of amides is 1. The van der Waals surface area contributed by atoms with E-state index in [-0.39, 0.29) is 18.2 Å². The molecule has 5 nitrogen and oxygen atoms in total. The summed E-state index contributed by atoms with van der Waals surface area (Å²) >= 11 is 0. The van der Waals surface area contributed by atoms with Gasteiger partial charge < -0.3 is 14.6 Å². The summed E-state index contributed by atoms with van der Waals surface area (Å²) in [4.78, 5) is 12.5. The van der Waals surface area contributed by atoms with Crippen LogP contribution >= 0.6 is 0 Å². The van der Waals surface area contributed by atoms with Gasteiger partial charge in [-0.15, -0.1) is 0 Å². The highest BCUT2D eigenvalue weighted by Crippen LogP contribution is 2.28. The van der Waals surface area contributed by atoms with Crippen LogP contribution in [-0.2, 0) is 9.53 Å². The molecule has 0 saturated carbocycles. The fourth-order valence-corrected chi connectivity index (χ4v) is 1.53. The number of ether oxygens (including phenoxy) is 2. The van der Waals surface area contributed by atoms with Gasteiger partial charge in [-0.2, -0.15) is 8.78 Å². The Bertz CT molecular complexity index is 483. The van der Waals surface area contributed by atoms with Crippen LogP contribution in [0.1, 0.15) is 0 Å². The van der Waals surface area contributed by atoms with Crippen molar-refractivity contribution in [3.8, 4) is 5.75 Å². The zero-order valence-electron chi connectivity index (χ0n) is 9.55. The van der Waals surface area contributed by atoms with Crippen molar-refractivity contribution in [2.75, 3.05) is 18.3 Å². The molecule has 1 saturated heterocycles. The minimum Gasteiger partial charge on any atom is -0.431 e. The predicted octanol–water partition coefficient (Wildman–Crippen LogP) is 1.27. The molecule has 1 unspecified atom stereocenters. The Morgan fingerprint density at radius 1 is 1.53 bits per heavy atom. The molecule has 1 atom stereocenters. The Kier molecular flexibility index (Phi) is 3.63. The fraction of sp³-hybridized carbons (Fsp3) is 0.364. The summed E-state index contributed by atoms with van der Waals surface area (Å²) in [6.45, 7) is -2.16. The van der Waals surface area contributed by atoms with E-state index >= 15 is 0 Å². The van der Waals surface area contributed by atoms with Gasteiger partial charge >= 0.3 is 6.11 Å². The maximum atomic E-state index is 12.7. The third kappa shape index (κ3) is 2.96. The highest BCUT2D eigenvalue weighted by atomic mass is 19.3. The quantitative estimate of drug-likeness (QED) is 0.900. The molecule has 1 heterocycles. The maximum Gasteiger partial charge on any atom is 0.427 e. The largest absolute Gasteiger partial charge is 0.431 e. The molecule has 1 aliphatic rings. The average molecular weight is 277 g/mol. The molecule has 1 N–H and O–H groups in total. The monoisotopic (exact) mass is 277 g/mol. The lowest BCUT2D eigenvalue weighted by molar-refractivity contribution is -0.186. The fourth-order valence-electron chi connectivity index (χ4n) is 1.53. The van der Waals surface area contributed by atoms with Gasteiger partial charge in [0.2, 0.25) is 6.29 Å². The van der Waals surface area contributed by atoms with Crippen molar-refractivity contribution in [3.05, 3.63) is 24.3 Å². The van der Waals surface area contributed by atoms with Gasteiger partial charge in [0.1, 0.15) is 12.5 Å². The van der Waals surface area contributed by atoms with E-state index in [0.717, 1.165) is 11.0 Å². The second kappa shape index (κ2) is 5.06. The summed E-state index contributed by atoms with van der Waals surface area (Å²) in [6, 6.07) is 5.13. The molecule has 0 bridgehead atoms. The van der Waals surface area contributed by atoms with Crippen molar-refractivity contribution in [2.45, 2.75) is 12.4 Å². The van der Waals surface area contributed by atoms with Gasteiger partial charge in [-0.25, -0.2) is 4.39 Å². The van der Waals surface area contributed by atoms with Crippen LogP contribution in [0.4, 0.5) is 18.9 Å². The van der Waals surface area contributed by atoms with E-state index in [0.29, 0.717) is 0 Å². The van der Waals surface area contributed by atoms with Crippen molar-refractivity contribution in [2.24, 2.45) is 0 Å². The number of nitrogens with zero attached hydrogens (tertiary/aromatic N) is 1. The van der Waals surface area contributed by atoms with E-state index in [2.05, 4.69) is 9.47 Å². The number of halogens is 3. The first kappa shape index (κ1) is 13.6. The van der Waals surface area contributed by atoms with Crippen LogP contribution in [0.5, 0.6) is 5.75 Å². The maximum absolute atomic E-state index is 12.7. The Morgan fingerprint density at radius 2 is 2.26 bits per heavy atom. The third-order valence-corrected chi connectivity index (χ3v) is 2.39. The van der Waals surface area contributed by atoms with E-state index in [1.165, 1.54) is 18.2 Å². The van der Waals surface area contributed by atoms with E-state index < -0.39 is 25.0 Å². The van der Waals surface area contributed by atoms with Crippen LogP contribution in [0.2, 0.25) is 0 Å². The summed E-state index contributed by atoms with van der Waals surface area (Å²) in [7, 11) is 0. The number of benzene rings is 1. The average Bonchev–Trinajstić information content (AvgIpc) is 2.70. The first-order chi connectivity index (χ1) is 8.93. The van der Waals surface area contributed by atoms with Crippen molar-refractivity contribution >= 4 is 11.6 Å². The van der Waals surface area contributed by atoms with E-state index in [4.69, 9.17) is 5.11 Å². The van der Waals surface area contributed by atoms with Gasteiger partial charge in [0.25, 0.3) is 5.91 Å². The van der Waals surface area contributed by atoms with E-state index in [9.17, 15) is 18.0 Å². The minimum atomic E-state index is -3.93. The predicted molar refractivity (Wildman–Crippen MR) is 57.4 cm³/mol. The Balaban J connectivity index is 2.18. The van der Waals surface area contributed by atoms with Gasteiger partial charge in [0.05, 0.1) is 0 Å². The van der Waals surface area contributed by atoms with Crippen LogP contribution in [-0.4, -0.2) is 36.8 Å². The summed E-state index contributed by atoms with van der Waals surface area (Å²) in [5, 5.41) is 9.11. The molecule has 1 aromatic carbocycles. The molecule has 0 aliphatic carbocycles. The van der Waals surface area contributed by atoms with Crippen molar-refractivity contribution in [1.29, 1.82) is 0 Å². The number of hydrogen-bond acceptors (Lipinski definition) is 4. The highest BCUT2D eigenvalue weighted by molar-refractivity contribution is 5.97. The zero-order chi connectivity index (χ0) is 14.0. The van der Waals surface area contributed by atoms with Crippen LogP contribution in [0.15, 0.2) is 24.3 Å². The molecular formula is C11H10F3NO4. The van der Waals surface area contributed by atoms with E-state index in [1.807, 2.05) is 0 Å². The van der Waals surface area contributed by atoms with Gasteiger partial charge in [-0.3, -0.25) is 9.69 Å². The molecule has 1 aliphatic heterocycles. The molecular weight excluding hydrogens is 267 g/mol. The standard InChI is InChI=1S/C11H10F3NO4/c12-5-11(13,14)19-8-3-1-2-7(4-8)15-6-18-10(17)9(15)16/h1-4,10,17H,5-6H2. The summed E-state index contributed by atoms with van der Waals surface area (Å²) in [6.07, 6.45) is -5.50. The topological polar surface area (TPSA) is 59.0 Å². The third-order valence-electron chi connectivity index (χ3n) is 2.39. The molecule has 1 amide bonds. The Morgan fingerprint density at radius 3 is 2.84 bits per heavy atom. The summed E-state index contributed by atoms with van der Waals surface area (Å²) < 4.78 is 46.3. The normalized spacial score (nSPS) is 19.9. The van der Waals surface area contributed by atoms with Crippen LogP contribution < -0.4 is 9.64 Å². The molecule has 0 spiro atoms. The van der Waals surface area contributed by atoms with Crippen molar-refractivity contribution in [3.63, 3.8) is 0 Å². The molecule has 2 rings (SSSR count). The lowest BCUT2D eigenvalue weighted by atomic mass is 10.2. The Hall–Kier alpha value is -1.80. The van der Waals surface area contributed by atoms with Gasteiger partial charge in [-0.1, -0.05) is 6.07 Å². The van der Waals surface area contributed by atoms with Gasteiger partial charge in [0, 0.05) is 11.8 Å². The van der Waals surface area contributed by atoms with Crippen molar-refractivity contribution in [1.82, 2.24) is 0 Å². The SMILES string of the molecule is O=C1C(O)OCN1c1cccc(OC(F)(F)CF)c1. The number of carbonyl (C=O) groups excluding carboxylic acids is 1. The first-order valence-corrected chi connectivity index (χ1v) is 5.27. The van der Waals surface area contributed by atoms with Crippen molar-refractivity contribution < 1.29 is 32.5 Å². The highest BCUT2D eigenvalue weighted by Gasteiger charge is 2.34. The van der Waals surface area contributed by atoms with Gasteiger partial charge in [-0.05, 0) is 12.1 Å². The van der Waals surface area contributed by atoms with E-state index in [1.54, 1.807) is 0 Å². The number of rotatable bonds is 4. The first-order valence-electron chi connectivity index (χ1n) is 5.27. The number of hydrogen-bond donors (Lipinski definition) is 1. The number of aliphatic hydroxyl groups excluding tert-OH is 1. The molecule has 0 aromatic heterocycles. The van der Waals surface area contributed by atoms with Crippen LogP contribution in [0.25, 0.3) is 0 Å². The second-order valence-corrected chi connectivity index (χ2v) is 3.78. The molecule has 1 fully saturated rings.